The van der Waals surface area contributed by atoms with Gasteiger partial charge in [0.25, 0.3) is 0 Å². The van der Waals surface area contributed by atoms with Gasteiger partial charge >= 0.3 is 5.97 Å². The zero-order chi connectivity index (χ0) is 20.4. The number of amides is 3. The van der Waals surface area contributed by atoms with Gasteiger partial charge in [0.2, 0.25) is 17.7 Å². The van der Waals surface area contributed by atoms with E-state index in [9.17, 15) is 24.3 Å². The highest BCUT2D eigenvalue weighted by molar-refractivity contribution is 7.80. The molecule has 0 aromatic heterocycles. The van der Waals surface area contributed by atoms with E-state index in [1.807, 2.05) is 5.32 Å². The largest absolute Gasteiger partial charge is 0.480 e. The first-order valence-electron chi connectivity index (χ1n) is 7.49. The van der Waals surface area contributed by atoms with Crippen molar-refractivity contribution < 1.29 is 34.5 Å². The SMILES string of the molecule is CC(O)C(N)C(=O)NC(CS)C(=O)NC(CS)C(=O)NC(CO)C(=O)O. The van der Waals surface area contributed by atoms with E-state index in [1.54, 1.807) is 0 Å². The standard InChI is InChI=1S/C13H24N4O7S2/c1-5(19)9(14)12(22)17-8(4-26)11(21)16-7(3-25)10(20)15-6(2-18)13(23)24/h5-9,18-19,25-26H,2-4,14H2,1H3,(H,15,20)(H,16,21)(H,17,22)(H,23,24). The summed E-state index contributed by atoms with van der Waals surface area (Å²) in [7, 11) is 0. The van der Waals surface area contributed by atoms with Gasteiger partial charge in [-0.25, -0.2) is 4.79 Å². The molecular weight excluding hydrogens is 388 g/mol. The van der Waals surface area contributed by atoms with Crippen LogP contribution in [-0.2, 0) is 19.2 Å². The van der Waals surface area contributed by atoms with Crippen molar-refractivity contribution in [3.05, 3.63) is 0 Å². The Labute approximate surface area is 160 Å². The lowest BCUT2D eigenvalue weighted by atomic mass is 10.1. The van der Waals surface area contributed by atoms with Crippen molar-refractivity contribution in [2.75, 3.05) is 18.1 Å². The van der Waals surface area contributed by atoms with Crippen molar-refractivity contribution in [2.24, 2.45) is 5.73 Å². The highest BCUT2D eigenvalue weighted by Crippen LogP contribution is 1.97. The van der Waals surface area contributed by atoms with Gasteiger partial charge in [-0.05, 0) is 6.92 Å². The second-order valence-corrected chi connectivity index (χ2v) is 6.07. The Hall–Kier alpha value is -1.54. The molecule has 0 radical (unpaired) electrons. The van der Waals surface area contributed by atoms with Crippen LogP contribution in [0.4, 0.5) is 0 Å². The van der Waals surface area contributed by atoms with Gasteiger partial charge in [-0.15, -0.1) is 0 Å². The Morgan fingerprint density at radius 1 is 0.923 bits per heavy atom. The number of aliphatic hydroxyl groups excluding tert-OH is 2. The number of aliphatic hydroxyl groups is 2. The van der Waals surface area contributed by atoms with E-state index in [0.29, 0.717) is 0 Å². The lowest BCUT2D eigenvalue weighted by Crippen LogP contribution is -2.59. The van der Waals surface area contributed by atoms with Crippen molar-refractivity contribution in [1.29, 1.82) is 0 Å². The fourth-order valence-corrected chi connectivity index (χ4v) is 2.12. The third kappa shape index (κ3) is 7.78. The number of nitrogens with one attached hydrogen (secondary N) is 3. The van der Waals surface area contributed by atoms with E-state index >= 15 is 0 Å². The van der Waals surface area contributed by atoms with Crippen LogP contribution in [0.25, 0.3) is 0 Å². The summed E-state index contributed by atoms with van der Waals surface area (Å²) in [4.78, 5) is 46.8. The molecule has 8 N–H and O–H groups in total. The maximum Gasteiger partial charge on any atom is 0.328 e. The molecule has 0 heterocycles. The lowest BCUT2D eigenvalue weighted by Gasteiger charge is -2.23. The molecule has 3 amide bonds. The second kappa shape index (κ2) is 12.0. The normalized spacial score (nSPS) is 16.5. The summed E-state index contributed by atoms with van der Waals surface area (Å²) in [6.45, 7) is 0.474. The minimum atomic E-state index is -1.54. The monoisotopic (exact) mass is 412 g/mol. The Bertz CT molecular complexity index is 521. The Balaban J connectivity index is 4.91. The molecule has 0 aliphatic rings. The molecule has 0 aliphatic carbocycles. The molecule has 0 spiro atoms. The topological polar surface area (TPSA) is 191 Å². The molecule has 0 aliphatic heterocycles. The van der Waals surface area contributed by atoms with Crippen LogP contribution >= 0.6 is 25.3 Å². The van der Waals surface area contributed by atoms with Crippen LogP contribution in [0.2, 0.25) is 0 Å². The Morgan fingerprint density at radius 2 is 1.31 bits per heavy atom. The van der Waals surface area contributed by atoms with Crippen molar-refractivity contribution in [3.63, 3.8) is 0 Å². The highest BCUT2D eigenvalue weighted by atomic mass is 32.1. The predicted octanol–water partition coefficient (Wildman–Crippen LogP) is -3.91. The van der Waals surface area contributed by atoms with E-state index in [-0.39, 0.29) is 11.5 Å². The molecule has 0 bridgehead atoms. The molecule has 0 aromatic carbocycles. The molecule has 5 unspecified atom stereocenters. The zero-order valence-electron chi connectivity index (χ0n) is 14.0. The molecule has 11 nitrogen and oxygen atoms in total. The molecule has 0 fully saturated rings. The summed E-state index contributed by atoms with van der Waals surface area (Å²) in [5, 5.41) is 33.6. The minimum Gasteiger partial charge on any atom is -0.480 e. The van der Waals surface area contributed by atoms with E-state index < -0.39 is 60.6 Å². The van der Waals surface area contributed by atoms with E-state index in [1.165, 1.54) is 6.92 Å². The second-order valence-electron chi connectivity index (χ2n) is 5.34. The molecule has 0 rings (SSSR count). The van der Waals surface area contributed by atoms with Gasteiger partial charge in [-0.3, -0.25) is 14.4 Å². The number of carboxylic acid groups (broad SMARTS) is 1. The van der Waals surface area contributed by atoms with Gasteiger partial charge in [0, 0.05) is 11.5 Å². The highest BCUT2D eigenvalue weighted by Gasteiger charge is 2.29. The van der Waals surface area contributed by atoms with Crippen LogP contribution in [0.3, 0.4) is 0 Å². The maximum atomic E-state index is 12.2. The first kappa shape index (κ1) is 24.5. The maximum absolute atomic E-state index is 12.2. The Morgan fingerprint density at radius 3 is 1.62 bits per heavy atom. The summed E-state index contributed by atoms with van der Waals surface area (Å²) >= 11 is 7.86. The number of carbonyl (C=O) groups excluding carboxylic acids is 3. The van der Waals surface area contributed by atoms with Crippen LogP contribution in [0.5, 0.6) is 0 Å². The molecule has 0 saturated heterocycles. The zero-order valence-corrected chi connectivity index (χ0v) is 15.7. The smallest absolute Gasteiger partial charge is 0.328 e. The fraction of sp³-hybridized carbons (Fsp3) is 0.692. The molecule has 0 aromatic rings. The summed E-state index contributed by atoms with van der Waals surface area (Å²) in [5.74, 6) is -4.18. The number of rotatable bonds is 11. The van der Waals surface area contributed by atoms with Crippen molar-refractivity contribution in [3.8, 4) is 0 Å². The Kier molecular flexibility index (Phi) is 11.2. The number of thiol groups is 2. The third-order valence-electron chi connectivity index (χ3n) is 3.25. The van der Waals surface area contributed by atoms with Crippen LogP contribution < -0.4 is 21.7 Å². The van der Waals surface area contributed by atoms with Gasteiger partial charge in [-0.1, -0.05) is 0 Å². The molecule has 150 valence electrons. The number of hydrogen-bond acceptors (Lipinski definition) is 9. The van der Waals surface area contributed by atoms with Crippen molar-refractivity contribution in [1.82, 2.24) is 16.0 Å². The van der Waals surface area contributed by atoms with Gasteiger partial charge < -0.3 is 37.0 Å². The summed E-state index contributed by atoms with van der Waals surface area (Å²) in [6, 6.07) is -5.16. The quantitative estimate of drug-likeness (QED) is 0.154. The average Bonchev–Trinajstić information content (AvgIpc) is 2.59. The van der Waals surface area contributed by atoms with Crippen molar-refractivity contribution >= 4 is 48.9 Å². The van der Waals surface area contributed by atoms with Gasteiger partial charge in [-0.2, -0.15) is 25.3 Å². The number of nitrogens with two attached hydrogens (primary N) is 1. The van der Waals surface area contributed by atoms with Gasteiger partial charge in [0.1, 0.15) is 24.2 Å². The number of carboxylic acids is 1. The van der Waals surface area contributed by atoms with Crippen LogP contribution in [0.15, 0.2) is 0 Å². The fourth-order valence-electron chi connectivity index (χ4n) is 1.61. The van der Waals surface area contributed by atoms with Gasteiger partial charge in [0.15, 0.2) is 0 Å². The molecule has 0 saturated carbocycles. The first-order chi connectivity index (χ1) is 12.1. The lowest BCUT2D eigenvalue weighted by molar-refractivity contribution is -0.143. The van der Waals surface area contributed by atoms with E-state index in [4.69, 9.17) is 15.9 Å². The summed E-state index contributed by atoms with van der Waals surface area (Å²) in [5.41, 5.74) is 5.46. The van der Waals surface area contributed by atoms with Gasteiger partial charge in [0.05, 0.1) is 12.7 Å². The average molecular weight is 412 g/mol. The number of carbonyl (C=O) groups is 4. The van der Waals surface area contributed by atoms with Crippen LogP contribution in [0, 0.1) is 0 Å². The molecule has 26 heavy (non-hydrogen) atoms. The van der Waals surface area contributed by atoms with Crippen LogP contribution in [-0.4, -0.2) is 87.4 Å². The van der Waals surface area contributed by atoms with E-state index in [2.05, 4.69) is 35.9 Å². The van der Waals surface area contributed by atoms with Crippen LogP contribution in [0.1, 0.15) is 6.92 Å². The summed E-state index contributed by atoms with van der Waals surface area (Å²) in [6.07, 6.45) is -1.14. The molecule has 13 heteroatoms. The van der Waals surface area contributed by atoms with E-state index in [0.717, 1.165) is 0 Å². The predicted molar refractivity (Wildman–Crippen MR) is 97.9 cm³/mol. The van der Waals surface area contributed by atoms with Crippen molar-refractivity contribution in [2.45, 2.75) is 37.2 Å². The molecule has 5 atom stereocenters. The number of hydrogen-bond donors (Lipinski definition) is 9. The number of aliphatic carboxylic acids is 1. The first-order valence-corrected chi connectivity index (χ1v) is 8.75. The summed E-state index contributed by atoms with van der Waals surface area (Å²) < 4.78 is 0. The minimum absolute atomic E-state index is 0.126. The third-order valence-corrected chi connectivity index (χ3v) is 3.98. The molecular formula is C13H24N4O7S2.